The van der Waals surface area contributed by atoms with Crippen molar-refractivity contribution in [2.75, 3.05) is 24.3 Å². The lowest BCUT2D eigenvalue weighted by atomic mass is 9.97. The summed E-state index contributed by atoms with van der Waals surface area (Å²) in [7, 11) is 1.64. The molecule has 194 valence electrons. The molecule has 5 heterocycles. The van der Waals surface area contributed by atoms with E-state index >= 15 is 0 Å². The van der Waals surface area contributed by atoms with Crippen molar-refractivity contribution in [2.24, 2.45) is 0 Å². The van der Waals surface area contributed by atoms with Gasteiger partial charge in [0.1, 0.15) is 11.6 Å². The van der Waals surface area contributed by atoms with Crippen LogP contribution in [0.1, 0.15) is 37.8 Å². The average Bonchev–Trinajstić information content (AvgIpc) is 3.45. The van der Waals surface area contributed by atoms with Crippen LogP contribution in [0.5, 0.6) is 5.75 Å². The molecule has 0 aliphatic carbocycles. The third kappa shape index (κ3) is 4.85. The number of ether oxygens (including phenoxy) is 1. The highest BCUT2D eigenvalue weighted by molar-refractivity contribution is 5.94. The highest BCUT2D eigenvalue weighted by atomic mass is 16.5. The maximum Gasteiger partial charge on any atom is 0.225 e. The topological polar surface area (TPSA) is 128 Å². The summed E-state index contributed by atoms with van der Waals surface area (Å²) in [5.41, 5.74) is 3.75. The Morgan fingerprint density at radius 2 is 1.95 bits per heavy atom. The number of H-pyrrole nitrogens is 1. The molecule has 4 aromatic rings. The second-order valence-corrected chi connectivity index (χ2v) is 10.1. The molecule has 3 aromatic heterocycles. The minimum absolute atomic E-state index is 0.287. The van der Waals surface area contributed by atoms with E-state index in [9.17, 15) is 0 Å². The minimum atomic E-state index is 0.287. The third-order valence-corrected chi connectivity index (χ3v) is 7.63. The predicted octanol–water partition coefficient (Wildman–Crippen LogP) is 4.80. The number of benzene rings is 1. The summed E-state index contributed by atoms with van der Waals surface area (Å²) in [5.74, 6) is 2.72. The van der Waals surface area contributed by atoms with Crippen LogP contribution in [0, 0.1) is 18.3 Å². The standard InChI is InChI=1S/C28H31N9O/c1-17-10-26(36-35-17)33-27-24-7-4-18(19-11-23(38-2)16-30-15-19)12-25(24)32-28(34-27)31-20-13-21-5-6-22(14-20)37(21)9-3-8-29/h4,7,10-12,15-16,20-22H,3,5-6,9,13-14H2,1-2H3,(H3,31,32,33,34,35,36)/t20-,21-,22+. The van der Waals surface area contributed by atoms with E-state index in [0.717, 1.165) is 47.1 Å². The number of anilines is 3. The number of nitriles is 1. The first-order valence-electron chi connectivity index (χ1n) is 13.1. The van der Waals surface area contributed by atoms with Crippen LogP contribution in [0.4, 0.5) is 17.6 Å². The van der Waals surface area contributed by atoms with E-state index in [0.29, 0.717) is 41.8 Å². The Morgan fingerprint density at radius 3 is 2.68 bits per heavy atom. The SMILES string of the molecule is COc1cncc(-c2ccc3c(Nc4cc(C)[nH]n4)nc(N[C@@H]4C[C@H]5CC[C@@H](C4)N5CCC#N)nc3c2)c1. The molecule has 2 aliphatic rings. The van der Waals surface area contributed by atoms with Gasteiger partial charge in [-0.05, 0) is 56.4 Å². The lowest BCUT2D eigenvalue weighted by Gasteiger charge is -2.38. The molecule has 0 spiro atoms. The maximum absolute atomic E-state index is 9.05. The van der Waals surface area contributed by atoms with E-state index in [1.807, 2.05) is 37.4 Å². The largest absolute Gasteiger partial charge is 0.495 e. The number of methoxy groups -OCH3 is 1. The molecule has 0 radical (unpaired) electrons. The van der Waals surface area contributed by atoms with Gasteiger partial charge in [0, 0.05) is 60.0 Å². The highest BCUT2D eigenvalue weighted by Gasteiger charge is 2.40. The van der Waals surface area contributed by atoms with Crippen LogP contribution in [-0.4, -0.2) is 61.8 Å². The summed E-state index contributed by atoms with van der Waals surface area (Å²) in [6.45, 7) is 2.83. The fraction of sp³-hybridized carbons (Fsp3) is 0.393. The number of pyridine rings is 1. The number of hydrogen-bond acceptors (Lipinski definition) is 9. The second-order valence-electron chi connectivity index (χ2n) is 10.1. The van der Waals surface area contributed by atoms with Gasteiger partial charge in [-0.15, -0.1) is 0 Å². The molecule has 10 heteroatoms. The van der Waals surface area contributed by atoms with E-state index in [-0.39, 0.29) is 6.04 Å². The van der Waals surface area contributed by atoms with Gasteiger partial charge < -0.3 is 15.4 Å². The van der Waals surface area contributed by atoms with E-state index < -0.39 is 0 Å². The van der Waals surface area contributed by atoms with Crippen LogP contribution in [-0.2, 0) is 0 Å². The molecule has 38 heavy (non-hydrogen) atoms. The number of hydrogen-bond donors (Lipinski definition) is 3. The highest BCUT2D eigenvalue weighted by Crippen LogP contribution is 2.37. The second kappa shape index (κ2) is 10.3. The molecule has 3 atom stereocenters. The van der Waals surface area contributed by atoms with Crippen LogP contribution in [0.15, 0.2) is 42.7 Å². The van der Waals surface area contributed by atoms with Crippen molar-refractivity contribution >= 4 is 28.5 Å². The van der Waals surface area contributed by atoms with Crippen LogP contribution in [0.2, 0.25) is 0 Å². The summed E-state index contributed by atoms with van der Waals surface area (Å²) in [4.78, 5) is 16.7. The molecule has 2 saturated heterocycles. The van der Waals surface area contributed by atoms with Gasteiger partial charge in [0.05, 0.1) is 24.9 Å². The van der Waals surface area contributed by atoms with Crippen LogP contribution >= 0.6 is 0 Å². The fourth-order valence-corrected chi connectivity index (χ4v) is 5.88. The molecule has 3 N–H and O–H groups in total. The third-order valence-electron chi connectivity index (χ3n) is 7.63. The van der Waals surface area contributed by atoms with E-state index in [1.54, 1.807) is 13.3 Å². The number of nitrogens with zero attached hydrogens (tertiary/aromatic N) is 6. The summed E-state index contributed by atoms with van der Waals surface area (Å²) >= 11 is 0. The van der Waals surface area contributed by atoms with Crippen molar-refractivity contribution in [3.05, 3.63) is 48.4 Å². The Bertz CT molecular complexity index is 1480. The zero-order valence-electron chi connectivity index (χ0n) is 21.6. The molecule has 6 rings (SSSR count). The average molecular weight is 510 g/mol. The minimum Gasteiger partial charge on any atom is -0.495 e. The fourth-order valence-electron chi connectivity index (χ4n) is 5.88. The molecule has 0 amide bonds. The Kier molecular flexibility index (Phi) is 6.52. The molecule has 2 bridgehead atoms. The lowest BCUT2D eigenvalue weighted by Crippen LogP contribution is -2.47. The van der Waals surface area contributed by atoms with Gasteiger partial charge in [-0.1, -0.05) is 6.07 Å². The molecular weight excluding hydrogens is 478 g/mol. The monoisotopic (exact) mass is 509 g/mol. The number of nitrogens with one attached hydrogen (secondary N) is 3. The Balaban J connectivity index is 1.32. The van der Waals surface area contributed by atoms with Gasteiger partial charge >= 0.3 is 0 Å². The first-order valence-corrected chi connectivity index (χ1v) is 13.1. The van der Waals surface area contributed by atoms with Crippen molar-refractivity contribution in [1.82, 2.24) is 30.0 Å². The molecule has 10 nitrogen and oxygen atoms in total. The Hall–Kier alpha value is -4.23. The van der Waals surface area contributed by atoms with Crippen LogP contribution in [0.3, 0.4) is 0 Å². The summed E-state index contributed by atoms with van der Waals surface area (Å²) in [5, 5.41) is 24.3. The Labute approximate surface area is 221 Å². The molecule has 2 aliphatic heterocycles. The summed E-state index contributed by atoms with van der Waals surface area (Å²) < 4.78 is 5.37. The zero-order chi connectivity index (χ0) is 26.1. The predicted molar refractivity (Wildman–Crippen MR) is 146 cm³/mol. The van der Waals surface area contributed by atoms with Gasteiger partial charge in [0.15, 0.2) is 5.82 Å². The van der Waals surface area contributed by atoms with Gasteiger partial charge in [-0.25, -0.2) is 4.98 Å². The van der Waals surface area contributed by atoms with Crippen molar-refractivity contribution in [2.45, 2.75) is 57.2 Å². The Morgan fingerprint density at radius 1 is 1.11 bits per heavy atom. The van der Waals surface area contributed by atoms with Crippen LogP contribution < -0.4 is 15.4 Å². The van der Waals surface area contributed by atoms with Gasteiger partial charge in [0.25, 0.3) is 0 Å². The van der Waals surface area contributed by atoms with Gasteiger partial charge in [-0.3, -0.25) is 15.0 Å². The number of aromatic amines is 1. The molecule has 2 fully saturated rings. The zero-order valence-corrected chi connectivity index (χ0v) is 21.6. The summed E-state index contributed by atoms with van der Waals surface area (Å²) in [6, 6.07) is 13.7. The van der Waals surface area contributed by atoms with E-state index in [4.69, 9.17) is 20.0 Å². The first kappa shape index (κ1) is 24.1. The number of piperidine rings is 1. The maximum atomic E-state index is 9.05. The van der Waals surface area contributed by atoms with Crippen molar-refractivity contribution in [1.29, 1.82) is 5.26 Å². The lowest BCUT2D eigenvalue weighted by molar-refractivity contribution is 0.135. The van der Waals surface area contributed by atoms with E-state index in [2.05, 4.69) is 42.9 Å². The number of aryl methyl sites for hydroxylation is 1. The van der Waals surface area contributed by atoms with Crippen molar-refractivity contribution in [3.8, 4) is 22.9 Å². The molecular formula is C28H31N9O. The number of aromatic nitrogens is 5. The van der Waals surface area contributed by atoms with Gasteiger partial charge in [-0.2, -0.15) is 15.3 Å². The van der Waals surface area contributed by atoms with Gasteiger partial charge in [0.2, 0.25) is 5.95 Å². The number of fused-ring (bicyclic) bond motifs is 3. The molecule has 1 aromatic carbocycles. The first-order chi connectivity index (χ1) is 18.6. The van der Waals surface area contributed by atoms with Crippen molar-refractivity contribution < 1.29 is 4.74 Å². The quantitative estimate of drug-likeness (QED) is 0.307. The van der Waals surface area contributed by atoms with E-state index in [1.165, 1.54) is 12.8 Å². The molecule has 0 saturated carbocycles. The number of rotatable bonds is 8. The van der Waals surface area contributed by atoms with Crippen molar-refractivity contribution in [3.63, 3.8) is 0 Å². The van der Waals surface area contributed by atoms with Crippen LogP contribution in [0.25, 0.3) is 22.0 Å². The normalized spacial score (nSPS) is 20.8. The molecule has 0 unspecified atom stereocenters. The smallest absolute Gasteiger partial charge is 0.225 e. The summed E-state index contributed by atoms with van der Waals surface area (Å²) in [6.07, 6.45) is 8.55.